The number of aromatic nitrogens is 4. The van der Waals surface area contributed by atoms with Gasteiger partial charge in [0.05, 0.1) is 23.3 Å². The molecule has 1 saturated carbocycles. The Morgan fingerprint density at radius 1 is 1.08 bits per heavy atom. The third-order valence-electron chi connectivity index (χ3n) is 4.08. The van der Waals surface area contributed by atoms with Crippen molar-refractivity contribution in [3.8, 4) is 11.3 Å². The highest BCUT2D eigenvalue weighted by molar-refractivity contribution is 6.03. The number of nitrogens with two attached hydrogens (primary N) is 1. The molecule has 0 aliphatic heterocycles. The van der Waals surface area contributed by atoms with Gasteiger partial charge in [-0.2, -0.15) is 4.39 Å². The Labute approximate surface area is 148 Å². The van der Waals surface area contributed by atoms with E-state index in [1.54, 1.807) is 24.4 Å². The maximum absolute atomic E-state index is 13.0. The van der Waals surface area contributed by atoms with Gasteiger partial charge in [-0.15, -0.1) is 0 Å². The minimum absolute atomic E-state index is 0.185. The highest BCUT2D eigenvalue weighted by Gasteiger charge is 2.25. The van der Waals surface area contributed by atoms with Crippen molar-refractivity contribution < 1.29 is 9.18 Å². The van der Waals surface area contributed by atoms with Gasteiger partial charge in [0.15, 0.2) is 5.82 Å². The highest BCUT2D eigenvalue weighted by Crippen LogP contribution is 2.38. The molecule has 0 atom stereocenters. The van der Waals surface area contributed by atoms with Crippen LogP contribution in [0.3, 0.4) is 0 Å². The number of hydrogen-bond donors (Lipinski definition) is 2. The predicted molar refractivity (Wildman–Crippen MR) is 93.8 cm³/mol. The molecule has 0 spiro atoms. The van der Waals surface area contributed by atoms with Crippen LogP contribution in [-0.4, -0.2) is 25.8 Å². The molecule has 8 heteroatoms. The molecule has 3 aromatic heterocycles. The van der Waals surface area contributed by atoms with E-state index in [1.807, 2.05) is 0 Å². The lowest BCUT2D eigenvalue weighted by Gasteiger charge is -2.09. The molecule has 7 nitrogen and oxygen atoms in total. The van der Waals surface area contributed by atoms with Crippen molar-refractivity contribution in [2.75, 3.05) is 11.1 Å². The number of carbonyl (C=O) groups is 1. The summed E-state index contributed by atoms with van der Waals surface area (Å²) >= 11 is 0. The number of nitrogens with one attached hydrogen (secondary N) is 1. The van der Waals surface area contributed by atoms with E-state index in [-0.39, 0.29) is 11.5 Å². The van der Waals surface area contributed by atoms with Crippen LogP contribution >= 0.6 is 0 Å². The lowest BCUT2D eigenvalue weighted by molar-refractivity contribution is 0.102. The van der Waals surface area contributed by atoms with Crippen LogP contribution in [-0.2, 0) is 0 Å². The van der Waals surface area contributed by atoms with Crippen molar-refractivity contribution in [3.63, 3.8) is 0 Å². The van der Waals surface area contributed by atoms with Crippen LogP contribution in [0.4, 0.5) is 15.9 Å². The first-order valence-corrected chi connectivity index (χ1v) is 8.12. The molecule has 1 aliphatic rings. The van der Waals surface area contributed by atoms with Crippen molar-refractivity contribution in [1.82, 2.24) is 19.9 Å². The van der Waals surface area contributed by atoms with E-state index in [4.69, 9.17) is 5.73 Å². The average molecular weight is 350 g/mol. The topological polar surface area (TPSA) is 107 Å². The summed E-state index contributed by atoms with van der Waals surface area (Å²) in [5, 5.41) is 2.64. The molecular weight excluding hydrogens is 335 g/mol. The van der Waals surface area contributed by atoms with E-state index in [0.717, 1.165) is 18.5 Å². The van der Waals surface area contributed by atoms with Gasteiger partial charge in [-0.05, 0) is 37.1 Å². The van der Waals surface area contributed by atoms with E-state index in [2.05, 4.69) is 25.3 Å². The van der Waals surface area contributed by atoms with Crippen LogP contribution < -0.4 is 11.1 Å². The van der Waals surface area contributed by atoms with Gasteiger partial charge in [0, 0.05) is 23.9 Å². The number of nitrogen functional groups attached to an aromatic ring is 1. The number of anilines is 2. The fourth-order valence-corrected chi connectivity index (χ4v) is 2.47. The standard InChI is InChI=1S/C18H15FN6O/c19-16-6-3-11(7-23-16)13-5-4-12(20)17(24-13)25-18(26)15-9-21-14(8-22-15)10-1-2-10/h3-10H,1-2,20H2,(H,24,25,26). The van der Waals surface area contributed by atoms with Crippen molar-refractivity contribution in [1.29, 1.82) is 0 Å². The number of halogens is 1. The summed E-state index contributed by atoms with van der Waals surface area (Å²) in [7, 11) is 0. The molecule has 1 aliphatic carbocycles. The van der Waals surface area contributed by atoms with Crippen LogP contribution in [0.5, 0.6) is 0 Å². The van der Waals surface area contributed by atoms with Crippen LogP contribution in [0.1, 0.15) is 34.9 Å². The largest absolute Gasteiger partial charge is 0.396 e. The van der Waals surface area contributed by atoms with Crippen LogP contribution in [0.15, 0.2) is 42.9 Å². The quantitative estimate of drug-likeness (QED) is 0.701. The molecule has 26 heavy (non-hydrogen) atoms. The second-order valence-electron chi connectivity index (χ2n) is 6.06. The molecule has 3 N–H and O–H groups in total. The van der Waals surface area contributed by atoms with Gasteiger partial charge in [-0.25, -0.2) is 15.0 Å². The monoisotopic (exact) mass is 350 g/mol. The Morgan fingerprint density at radius 2 is 1.92 bits per heavy atom. The predicted octanol–water partition coefficient (Wildman–Crippen LogP) is 2.78. The number of rotatable bonds is 4. The van der Waals surface area contributed by atoms with E-state index < -0.39 is 11.9 Å². The maximum atomic E-state index is 13.0. The van der Waals surface area contributed by atoms with Crippen molar-refractivity contribution >= 4 is 17.4 Å². The summed E-state index contributed by atoms with van der Waals surface area (Å²) in [5.41, 5.74) is 8.42. The molecule has 1 amide bonds. The van der Waals surface area contributed by atoms with Crippen LogP contribution in [0.25, 0.3) is 11.3 Å². The van der Waals surface area contributed by atoms with E-state index in [9.17, 15) is 9.18 Å². The number of nitrogens with zero attached hydrogens (tertiary/aromatic N) is 4. The zero-order chi connectivity index (χ0) is 18.1. The molecular formula is C18H15FN6O. The minimum atomic E-state index is -0.578. The first-order chi connectivity index (χ1) is 12.6. The molecule has 0 bridgehead atoms. The first-order valence-electron chi connectivity index (χ1n) is 8.12. The van der Waals surface area contributed by atoms with Gasteiger partial charge < -0.3 is 11.1 Å². The summed E-state index contributed by atoms with van der Waals surface area (Å²) in [6, 6.07) is 6.07. The van der Waals surface area contributed by atoms with Gasteiger partial charge in [-0.3, -0.25) is 9.78 Å². The Balaban J connectivity index is 1.55. The van der Waals surface area contributed by atoms with E-state index >= 15 is 0 Å². The summed E-state index contributed by atoms with van der Waals surface area (Å²) in [5.74, 6) is -0.359. The lowest BCUT2D eigenvalue weighted by Crippen LogP contribution is -2.16. The Morgan fingerprint density at radius 3 is 2.58 bits per heavy atom. The van der Waals surface area contributed by atoms with Crippen molar-refractivity contribution in [3.05, 3.63) is 60.2 Å². The number of pyridine rings is 2. The summed E-state index contributed by atoms with van der Waals surface area (Å²) < 4.78 is 13.0. The highest BCUT2D eigenvalue weighted by atomic mass is 19.1. The van der Waals surface area contributed by atoms with E-state index in [1.165, 1.54) is 18.5 Å². The maximum Gasteiger partial charge on any atom is 0.277 e. The van der Waals surface area contributed by atoms with Gasteiger partial charge in [-0.1, -0.05) is 0 Å². The molecule has 0 unspecified atom stereocenters. The van der Waals surface area contributed by atoms with Crippen LogP contribution in [0.2, 0.25) is 0 Å². The summed E-state index contributed by atoms with van der Waals surface area (Å²) in [4.78, 5) is 28.8. The zero-order valence-electron chi connectivity index (χ0n) is 13.7. The average Bonchev–Trinajstić information content (AvgIpc) is 3.49. The third-order valence-corrected chi connectivity index (χ3v) is 4.08. The molecule has 3 heterocycles. The first kappa shape index (κ1) is 16.1. The van der Waals surface area contributed by atoms with E-state index in [0.29, 0.717) is 22.9 Å². The number of amides is 1. The summed E-state index contributed by atoms with van der Waals surface area (Å²) in [6.45, 7) is 0. The molecule has 0 saturated heterocycles. The minimum Gasteiger partial charge on any atom is -0.396 e. The number of hydrogen-bond acceptors (Lipinski definition) is 6. The van der Waals surface area contributed by atoms with Gasteiger partial charge in [0.2, 0.25) is 5.95 Å². The van der Waals surface area contributed by atoms with Crippen LogP contribution in [0, 0.1) is 5.95 Å². The molecule has 3 aromatic rings. The fourth-order valence-electron chi connectivity index (χ4n) is 2.47. The molecule has 0 aromatic carbocycles. The number of carbonyl (C=O) groups excluding carboxylic acids is 1. The molecule has 1 fully saturated rings. The normalized spacial score (nSPS) is 13.4. The molecule has 130 valence electrons. The van der Waals surface area contributed by atoms with Gasteiger partial charge in [0.25, 0.3) is 5.91 Å². The Kier molecular flexibility index (Phi) is 4.00. The summed E-state index contributed by atoms with van der Waals surface area (Å²) in [6.07, 6.45) is 6.68. The van der Waals surface area contributed by atoms with Gasteiger partial charge >= 0.3 is 0 Å². The molecule has 4 rings (SSSR count). The smallest absolute Gasteiger partial charge is 0.277 e. The lowest BCUT2D eigenvalue weighted by atomic mass is 10.2. The Bertz CT molecular complexity index is 954. The van der Waals surface area contributed by atoms with Crippen molar-refractivity contribution in [2.45, 2.75) is 18.8 Å². The fraction of sp³-hybridized carbons (Fsp3) is 0.167. The zero-order valence-corrected chi connectivity index (χ0v) is 13.7. The second kappa shape index (κ2) is 6.47. The SMILES string of the molecule is Nc1ccc(-c2ccc(F)nc2)nc1NC(=O)c1cnc(C2CC2)cn1. The molecule has 0 radical (unpaired) electrons. The third kappa shape index (κ3) is 3.34. The Hall–Kier alpha value is -3.42. The second-order valence-corrected chi connectivity index (χ2v) is 6.06. The van der Waals surface area contributed by atoms with Gasteiger partial charge in [0.1, 0.15) is 5.69 Å². The van der Waals surface area contributed by atoms with Crippen molar-refractivity contribution in [2.24, 2.45) is 0 Å².